The SMILES string of the molecule is CC[C@@H](C)[C@@H](N)C(=O)Nc1ccccc1C. The van der Waals surface area contributed by atoms with Crippen molar-refractivity contribution in [3.8, 4) is 0 Å². The number of nitrogens with two attached hydrogens (primary N) is 1. The predicted octanol–water partition coefficient (Wildman–Crippen LogP) is 2.31. The molecule has 1 aromatic carbocycles. The third-order valence-electron chi connectivity index (χ3n) is 2.96. The molecule has 0 radical (unpaired) electrons. The summed E-state index contributed by atoms with van der Waals surface area (Å²) in [6.07, 6.45) is 0.905. The molecule has 16 heavy (non-hydrogen) atoms. The largest absolute Gasteiger partial charge is 0.324 e. The van der Waals surface area contributed by atoms with E-state index in [4.69, 9.17) is 5.73 Å². The van der Waals surface area contributed by atoms with Crippen LogP contribution in [0.2, 0.25) is 0 Å². The molecule has 0 bridgehead atoms. The average molecular weight is 220 g/mol. The molecular weight excluding hydrogens is 200 g/mol. The molecule has 0 saturated heterocycles. The number of anilines is 1. The minimum atomic E-state index is -0.440. The molecule has 0 heterocycles. The van der Waals surface area contributed by atoms with Crippen LogP contribution in [0.25, 0.3) is 0 Å². The van der Waals surface area contributed by atoms with E-state index in [1.54, 1.807) is 0 Å². The Morgan fingerprint density at radius 3 is 2.62 bits per heavy atom. The van der Waals surface area contributed by atoms with Crippen molar-refractivity contribution in [1.82, 2.24) is 0 Å². The fourth-order valence-electron chi connectivity index (χ4n) is 1.44. The molecule has 0 aliphatic carbocycles. The van der Waals surface area contributed by atoms with Gasteiger partial charge in [0.05, 0.1) is 6.04 Å². The zero-order valence-electron chi connectivity index (χ0n) is 10.2. The molecule has 1 amide bonds. The smallest absolute Gasteiger partial charge is 0.241 e. The number of aryl methyl sites for hydroxylation is 1. The van der Waals surface area contributed by atoms with E-state index in [1.807, 2.05) is 45.0 Å². The highest BCUT2D eigenvalue weighted by Gasteiger charge is 2.19. The van der Waals surface area contributed by atoms with Gasteiger partial charge >= 0.3 is 0 Å². The number of hydrogen-bond acceptors (Lipinski definition) is 2. The van der Waals surface area contributed by atoms with E-state index in [0.29, 0.717) is 0 Å². The number of rotatable bonds is 4. The molecule has 3 N–H and O–H groups in total. The molecule has 0 aliphatic rings. The normalized spacial score (nSPS) is 14.2. The third-order valence-corrected chi connectivity index (χ3v) is 2.96. The van der Waals surface area contributed by atoms with Crippen molar-refractivity contribution in [1.29, 1.82) is 0 Å². The second-order valence-electron chi connectivity index (χ2n) is 4.22. The Labute approximate surface area is 97.0 Å². The van der Waals surface area contributed by atoms with Crippen LogP contribution in [-0.4, -0.2) is 11.9 Å². The van der Waals surface area contributed by atoms with E-state index in [2.05, 4.69) is 5.32 Å². The summed E-state index contributed by atoms with van der Waals surface area (Å²) in [6, 6.07) is 7.25. The van der Waals surface area contributed by atoms with Gasteiger partial charge in [0, 0.05) is 5.69 Å². The highest BCUT2D eigenvalue weighted by atomic mass is 16.2. The van der Waals surface area contributed by atoms with Gasteiger partial charge in [0.15, 0.2) is 0 Å². The molecule has 0 fully saturated rings. The number of para-hydroxylation sites is 1. The lowest BCUT2D eigenvalue weighted by molar-refractivity contribution is -0.118. The number of hydrogen-bond donors (Lipinski definition) is 2. The quantitative estimate of drug-likeness (QED) is 0.818. The van der Waals surface area contributed by atoms with Crippen LogP contribution in [0.4, 0.5) is 5.69 Å². The van der Waals surface area contributed by atoms with Gasteiger partial charge < -0.3 is 11.1 Å². The van der Waals surface area contributed by atoms with Gasteiger partial charge in [-0.1, -0.05) is 38.5 Å². The summed E-state index contributed by atoms with van der Waals surface area (Å²) in [5.41, 5.74) is 7.74. The summed E-state index contributed by atoms with van der Waals surface area (Å²) >= 11 is 0. The summed E-state index contributed by atoms with van der Waals surface area (Å²) < 4.78 is 0. The molecule has 3 heteroatoms. The Balaban J connectivity index is 2.68. The van der Waals surface area contributed by atoms with Crippen molar-refractivity contribution in [2.45, 2.75) is 33.2 Å². The van der Waals surface area contributed by atoms with Crippen molar-refractivity contribution in [3.63, 3.8) is 0 Å². The van der Waals surface area contributed by atoms with Crippen molar-refractivity contribution in [2.75, 3.05) is 5.32 Å². The van der Waals surface area contributed by atoms with Crippen molar-refractivity contribution < 1.29 is 4.79 Å². The highest BCUT2D eigenvalue weighted by molar-refractivity contribution is 5.95. The minimum absolute atomic E-state index is 0.108. The van der Waals surface area contributed by atoms with Gasteiger partial charge in [0.2, 0.25) is 5.91 Å². The monoisotopic (exact) mass is 220 g/mol. The maximum Gasteiger partial charge on any atom is 0.241 e. The molecule has 1 rings (SSSR count). The Morgan fingerprint density at radius 1 is 1.44 bits per heavy atom. The Morgan fingerprint density at radius 2 is 2.06 bits per heavy atom. The second-order valence-corrected chi connectivity index (χ2v) is 4.22. The van der Waals surface area contributed by atoms with E-state index < -0.39 is 6.04 Å². The lowest BCUT2D eigenvalue weighted by atomic mass is 9.99. The summed E-state index contributed by atoms with van der Waals surface area (Å²) in [6.45, 7) is 5.98. The van der Waals surface area contributed by atoms with Gasteiger partial charge in [-0.15, -0.1) is 0 Å². The fraction of sp³-hybridized carbons (Fsp3) is 0.462. The minimum Gasteiger partial charge on any atom is -0.324 e. The van der Waals surface area contributed by atoms with Crippen LogP contribution in [0.15, 0.2) is 24.3 Å². The maximum absolute atomic E-state index is 11.8. The molecule has 2 atom stereocenters. The number of carbonyl (C=O) groups is 1. The van der Waals surface area contributed by atoms with Crippen LogP contribution >= 0.6 is 0 Å². The second kappa shape index (κ2) is 5.66. The maximum atomic E-state index is 11.8. The van der Waals surface area contributed by atoms with Crippen LogP contribution in [0.5, 0.6) is 0 Å². The topological polar surface area (TPSA) is 55.1 Å². The summed E-state index contributed by atoms with van der Waals surface area (Å²) in [5, 5.41) is 2.86. The van der Waals surface area contributed by atoms with Gasteiger partial charge in [0.1, 0.15) is 0 Å². The highest BCUT2D eigenvalue weighted by Crippen LogP contribution is 2.14. The van der Waals surface area contributed by atoms with Gasteiger partial charge in [0.25, 0.3) is 0 Å². The van der Waals surface area contributed by atoms with Crippen molar-refractivity contribution >= 4 is 11.6 Å². The first-order chi connectivity index (χ1) is 7.56. The molecule has 1 aromatic rings. The number of amides is 1. The zero-order chi connectivity index (χ0) is 12.1. The molecule has 0 aromatic heterocycles. The van der Waals surface area contributed by atoms with E-state index >= 15 is 0 Å². The summed E-state index contributed by atoms with van der Waals surface area (Å²) in [5.74, 6) is 0.0904. The van der Waals surface area contributed by atoms with Crippen LogP contribution < -0.4 is 11.1 Å². The van der Waals surface area contributed by atoms with Gasteiger partial charge in [-0.3, -0.25) is 4.79 Å². The number of nitrogens with one attached hydrogen (secondary N) is 1. The first kappa shape index (κ1) is 12.7. The van der Waals surface area contributed by atoms with E-state index in [0.717, 1.165) is 17.7 Å². The molecule has 0 saturated carbocycles. The Hall–Kier alpha value is -1.35. The number of carbonyl (C=O) groups excluding carboxylic acids is 1. The van der Waals surface area contributed by atoms with Crippen molar-refractivity contribution in [3.05, 3.63) is 29.8 Å². The third kappa shape index (κ3) is 3.07. The van der Waals surface area contributed by atoms with E-state index in [9.17, 15) is 4.79 Å². The first-order valence-electron chi connectivity index (χ1n) is 5.68. The van der Waals surface area contributed by atoms with E-state index in [-0.39, 0.29) is 11.8 Å². The van der Waals surface area contributed by atoms with Gasteiger partial charge in [-0.05, 0) is 24.5 Å². The van der Waals surface area contributed by atoms with Crippen LogP contribution in [0, 0.1) is 12.8 Å². The zero-order valence-corrected chi connectivity index (χ0v) is 10.2. The molecule has 0 unspecified atom stereocenters. The van der Waals surface area contributed by atoms with Crippen LogP contribution in [-0.2, 0) is 4.79 Å². The number of benzene rings is 1. The lowest BCUT2D eigenvalue weighted by Gasteiger charge is -2.18. The van der Waals surface area contributed by atoms with Crippen molar-refractivity contribution in [2.24, 2.45) is 11.7 Å². The predicted molar refractivity (Wildman–Crippen MR) is 67.2 cm³/mol. The average Bonchev–Trinajstić information content (AvgIpc) is 2.30. The van der Waals surface area contributed by atoms with E-state index in [1.165, 1.54) is 0 Å². The van der Waals surface area contributed by atoms with Crippen LogP contribution in [0.1, 0.15) is 25.8 Å². The Kier molecular flexibility index (Phi) is 4.50. The Bertz CT molecular complexity index is 363. The molecule has 0 aliphatic heterocycles. The molecule has 3 nitrogen and oxygen atoms in total. The summed E-state index contributed by atoms with van der Waals surface area (Å²) in [7, 11) is 0. The standard InChI is InChI=1S/C13H20N2O/c1-4-9(2)12(14)13(16)15-11-8-6-5-7-10(11)3/h5-9,12H,4,14H2,1-3H3,(H,15,16)/t9-,12-/m1/s1. The molecule has 0 spiro atoms. The molecular formula is C13H20N2O. The van der Waals surface area contributed by atoms with Crippen LogP contribution in [0.3, 0.4) is 0 Å². The fourth-order valence-corrected chi connectivity index (χ4v) is 1.44. The first-order valence-corrected chi connectivity index (χ1v) is 5.68. The van der Waals surface area contributed by atoms with Gasteiger partial charge in [-0.25, -0.2) is 0 Å². The summed E-state index contributed by atoms with van der Waals surface area (Å²) in [4.78, 5) is 11.8. The molecule has 88 valence electrons. The lowest BCUT2D eigenvalue weighted by Crippen LogP contribution is -2.40. The van der Waals surface area contributed by atoms with Gasteiger partial charge in [-0.2, -0.15) is 0 Å².